The van der Waals surface area contributed by atoms with Crippen LogP contribution >= 0.6 is 11.6 Å². The molecular weight excluding hydrogens is 836 g/mol. The van der Waals surface area contributed by atoms with Crippen LogP contribution < -0.4 is 26.0 Å². The van der Waals surface area contributed by atoms with E-state index in [1.807, 2.05) is 26.8 Å². The van der Waals surface area contributed by atoms with Gasteiger partial charge < -0.3 is 25.6 Å². The number of benzene rings is 3. The molecule has 326 valence electrons. The first kappa shape index (κ1) is 44.2. The van der Waals surface area contributed by atoms with Crippen molar-refractivity contribution in [2.24, 2.45) is 0 Å². The van der Waals surface area contributed by atoms with E-state index in [9.17, 15) is 32.4 Å². The van der Waals surface area contributed by atoms with Crippen molar-refractivity contribution < 1.29 is 37.1 Å². The summed E-state index contributed by atoms with van der Waals surface area (Å²) in [6.45, 7) is 11.2. The molecule has 3 aromatic carbocycles. The number of anilines is 5. The fourth-order valence-electron chi connectivity index (χ4n) is 7.99. The standard InChI is InChI=1S/C44H49ClN8O8S/c1-24(2)61-35-22-29(26(5)21-33(35)49-44-46-23-30(45)40(51-44)48-31-10-6-7-12-36(31)62(59,60)25(3)4)27-15-18-52(19-16-27)20-17-38(55)47-32-11-8-9-28-39(32)43(58)53(42(28)57)34-13-14-37(54)50-41(34)56/h6-12,21-25,27,34H,13-20H2,1-5H3,(H,47,55)(H,50,54,56)(H2,46,48,49,51). The van der Waals surface area contributed by atoms with Gasteiger partial charge in [-0.05, 0) is 120 Å². The molecule has 16 nitrogen and oxygen atoms in total. The van der Waals surface area contributed by atoms with Gasteiger partial charge in [-0.2, -0.15) is 4.98 Å². The maximum absolute atomic E-state index is 13.5. The number of sulfone groups is 1. The van der Waals surface area contributed by atoms with E-state index in [2.05, 4.69) is 42.2 Å². The monoisotopic (exact) mass is 884 g/mol. The van der Waals surface area contributed by atoms with Crippen LogP contribution in [-0.4, -0.2) is 94.8 Å². The number of para-hydroxylation sites is 1. The van der Waals surface area contributed by atoms with Crippen molar-refractivity contribution in [1.29, 1.82) is 0 Å². The van der Waals surface area contributed by atoms with Gasteiger partial charge >= 0.3 is 0 Å². The first-order valence-corrected chi connectivity index (χ1v) is 22.5. The third-order valence-electron chi connectivity index (χ3n) is 11.2. The molecule has 0 spiro atoms. The summed E-state index contributed by atoms with van der Waals surface area (Å²) in [5.74, 6) is -1.48. The van der Waals surface area contributed by atoms with Gasteiger partial charge in [0.25, 0.3) is 11.8 Å². The van der Waals surface area contributed by atoms with Gasteiger partial charge in [-0.25, -0.2) is 13.4 Å². The van der Waals surface area contributed by atoms with Gasteiger partial charge in [0.1, 0.15) is 16.8 Å². The van der Waals surface area contributed by atoms with E-state index in [-0.39, 0.29) is 75.7 Å². The fourth-order valence-corrected chi connectivity index (χ4v) is 9.33. The normalized spacial score (nSPS) is 17.4. The van der Waals surface area contributed by atoms with Crippen LogP contribution in [0.4, 0.5) is 28.8 Å². The number of nitrogens with one attached hydrogen (secondary N) is 4. The highest BCUT2D eigenvalue weighted by molar-refractivity contribution is 7.92. The molecule has 1 aromatic heterocycles. The van der Waals surface area contributed by atoms with E-state index in [1.54, 1.807) is 50.2 Å². The Balaban J connectivity index is 0.980. The third kappa shape index (κ3) is 9.29. The smallest absolute Gasteiger partial charge is 0.264 e. The molecule has 4 N–H and O–H groups in total. The van der Waals surface area contributed by atoms with Gasteiger partial charge in [-0.15, -0.1) is 0 Å². The van der Waals surface area contributed by atoms with Crippen molar-refractivity contribution in [2.75, 3.05) is 35.6 Å². The number of carbonyl (C=O) groups excluding carboxylic acids is 5. The minimum atomic E-state index is -3.60. The molecule has 4 heterocycles. The zero-order valence-electron chi connectivity index (χ0n) is 35.1. The van der Waals surface area contributed by atoms with Crippen LogP contribution in [0.25, 0.3) is 0 Å². The Morgan fingerprint density at radius 3 is 2.37 bits per heavy atom. The maximum Gasteiger partial charge on any atom is 0.264 e. The Hall–Kier alpha value is -5.91. The van der Waals surface area contributed by atoms with Crippen molar-refractivity contribution in [3.05, 3.63) is 88.1 Å². The van der Waals surface area contributed by atoms with Crippen LogP contribution in [0, 0.1) is 6.92 Å². The molecule has 5 amide bonds. The summed E-state index contributed by atoms with van der Waals surface area (Å²) >= 11 is 6.50. The number of piperidine rings is 2. The van der Waals surface area contributed by atoms with Gasteiger partial charge in [-0.3, -0.25) is 34.2 Å². The zero-order valence-corrected chi connectivity index (χ0v) is 36.7. The minimum Gasteiger partial charge on any atom is -0.489 e. The predicted octanol–water partition coefficient (Wildman–Crippen LogP) is 6.50. The van der Waals surface area contributed by atoms with E-state index in [4.69, 9.17) is 16.3 Å². The molecule has 0 saturated carbocycles. The highest BCUT2D eigenvalue weighted by atomic mass is 35.5. The van der Waals surface area contributed by atoms with Gasteiger partial charge in [0, 0.05) is 19.4 Å². The summed E-state index contributed by atoms with van der Waals surface area (Å²) in [6.07, 6.45) is 3.20. The summed E-state index contributed by atoms with van der Waals surface area (Å²) in [4.78, 5) is 76.3. The summed E-state index contributed by atoms with van der Waals surface area (Å²) < 4.78 is 32.5. The number of halogens is 1. The number of aromatic nitrogens is 2. The number of amides is 5. The molecule has 1 unspecified atom stereocenters. The largest absolute Gasteiger partial charge is 0.489 e. The van der Waals surface area contributed by atoms with Crippen LogP contribution in [0.3, 0.4) is 0 Å². The molecule has 7 rings (SSSR count). The van der Waals surface area contributed by atoms with Gasteiger partial charge in [-0.1, -0.05) is 29.8 Å². The van der Waals surface area contributed by atoms with Crippen molar-refractivity contribution in [2.45, 2.75) is 94.9 Å². The second-order valence-corrected chi connectivity index (χ2v) is 19.1. The van der Waals surface area contributed by atoms with Crippen molar-refractivity contribution in [3.63, 3.8) is 0 Å². The van der Waals surface area contributed by atoms with Crippen LogP contribution in [-0.2, 0) is 24.2 Å². The van der Waals surface area contributed by atoms with Crippen LogP contribution in [0.15, 0.2) is 65.7 Å². The Bertz CT molecular complexity index is 2560. The Labute approximate surface area is 365 Å². The fraction of sp³-hybridized carbons (Fsp3) is 0.386. The number of aryl methyl sites for hydroxylation is 1. The first-order chi connectivity index (χ1) is 29.5. The number of nitrogens with zero attached hydrogens (tertiary/aromatic N) is 4. The zero-order chi connectivity index (χ0) is 44.5. The van der Waals surface area contributed by atoms with E-state index in [0.717, 1.165) is 42.0 Å². The van der Waals surface area contributed by atoms with Crippen LogP contribution in [0.2, 0.25) is 5.02 Å². The molecule has 0 radical (unpaired) electrons. The summed E-state index contributed by atoms with van der Waals surface area (Å²) in [7, 11) is -3.60. The van der Waals surface area contributed by atoms with E-state index in [1.165, 1.54) is 12.3 Å². The molecule has 62 heavy (non-hydrogen) atoms. The number of ether oxygens (including phenoxy) is 1. The lowest BCUT2D eigenvalue weighted by atomic mass is 9.86. The molecule has 3 aliphatic rings. The van der Waals surface area contributed by atoms with Crippen molar-refractivity contribution in [1.82, 2.24) is 25.1 Å². The topological polar surface area (TPSA) is 209 Å². The van der Waals surface area contributed by atoms with E-state index >= 15 is 0 Å². The van der Waals surface area contributed by atoms with E-state index in [0.29, 0.717) is 23.7 Å². The van der Waals surface area contributed by atoms with Crippen molar-refractivity contribution in [3.8, 4) is 5.75 Å². The van der Waals surface area contributed by atoms with Crippen molar-refractivity contribution >= 4 is 79.8 Å². The number of imide groups is 2. The van der Waals surface area contributed by atoms with Gasteiger partial charge in [0.05, 0.1) is 50.6 Å². The highest BCUT2D eigenvalue weighted by Crippen LogP contribution is 2.39. The lowest BCUT2D eigenvalue weighted by Crippen LogP contribution is -2.54. The molecule has 2 saturated heterocycles. The highest BCUT2D eigenvalue weighted by Gasteiger charge is 2.45. The van der Waals surface area contributed by atoms with E-state index < -0.39 is 44.8 Å². The van der Waals surface area contributed by atoms with Gasteiger partial charge in [0.15, 0.2) is 15.7 Å². The van der Waals surface area contributed by atoms with Crippen LogP contribution in [0.1, 0.15) is 97.6 Å². The Morgan fingerprint density at radius 1 is 0.935 bits per heavy atom. The van der Waals surface area contributed by atoms with Gasteiger partial charge in [0.2, 0.25) is 23.7 Å². The Morgan fingerprint density at radius 2 is 1.66 bits per heavy atom. The average Bonchev–Trinajstić information content (AvgIpc) is 3.48. The molecule has 1 atom stereocenters. The molecule has 2 fully saturated rings. The number of rotatable bonds is 14. The quantitative estimate of drug-likeness (QED) is 0.0998. The molecule has 4 aromatic rings. The average molecular weight is 885 g/mol. The second kappa shape index (κ2) is 18.2. The first-order valence-electron chi connectivity index (χ1n) is 20.6. The third-order valence-corrected chi connectivity index (χ3v) is 13.7. The maximum atomic E-state index is 13.5. The lowest BCUT2D eigenvalue weighted by Gasteiger charge is -2.33. The summed E-state index contributed by atoms with van der Waals surface area (Å²) in [5, 5.41) is 10.9. The Kier molecular flexibility index (Phi) is 13.0. The number of fused-ring (bicyclic) bond motifs is 1. The molecule has 0 bridgehead atoms. The number of carbonyl (C=O) groups is 5. The predicted molar refractivity (Wildman–Crippen MR) is 234 cm³/mol. The number of hydrogen-bond acceptors (Lipinski definition) is 13. The molecule has 18 heteroatoms. The molecule has 0 aliphatic carbocycles. The SMILES string of the molecule is Cc1cc(Nc2ncc(Cl)c(Nc3ccccc3S(=O)(=O)C(C)C)n2)c(OC(C)C)cc1C1CCN(CCC(=O)Nc2cccc3c2C(=O)N(C2CCC(=O)NC2=O)C3=O)CC1. The van der Waals surface area contributed by atoms with Crippen LogP contribution in [0.5, 0.6) is 5.75 Å². The minimum absolute atomic E-state index is 0.0117. The summed E-state index contributed by atoms with van der Waals surface area (Å²) in [6, 6.07) is 14.2. The number of hydrogen-bond donors (Lipinski definition) is 4. The second-order valence-electron chi connectivity index (χ2n) is 16.2. The molecule has 3 aliphatic heterocycles. The summed E-state index contributed by atoms with van der Waals surface area (Å²) in [5.41, 5.74) is 3.52. The number of likely N-dealkylation sites (tertiary alicyclic amines) is 1. The molecular formula is C44H49ClN8O8S. The lowest BCUT2D eigenvalue weighted by molar-refractivity contribution is -0.136.